The molecule has 0 fully saturated rings. The number of aromatic hydroxyl groups is 2. The Bertz CT molecular complexity index is 1840. The lowest BCUT2D eigenvalue weighted by Gasteiger charge is -2.36. The summed E-state index contributed by atoms with van der Waals surface area (Å²) in [6, 6.07) is 16.5. The van der Waals surface area contributed by atoms with Crippen molar-refractivity contribution >= 4 is 56.0 Å². The third kappa shape index (κ3) is 3.76. The Morgan fingerprint density at radius 2 is 1.50 bits per heavy atom. The van der Waals surface area contributed by atoms with Gasteiger partial charge in [-0.1, -0.05) is 12.1 Å². The molecular formula is C27H18IN3O8S. The van der Waals surface area contributed by atoms with Crippen LogP contribution in [0.25, 0.3) is 0 Å². The molecule has 0 unspecified atom stereocenters. The Labute approximate surface area is 240 Å². The number of halogens is 1. The quantitative estimate of drug-likeness (QED) is 0.185. The van der Waals surface area contributed by atoms with Gasteiger partial charge < -0.3 is 25.4 Å². The lowest BCUT2D eigenvalue weighted by Crippen LogP contribution is -2.34. The highest BCUT2D eigenvalue weighted by molar-refractivity contribution is 14.1. The Morgan fingerprint density at radius 3 is 2.05 bits per heavy atom. The van der Waals surface area contributed by atoms with E-state index in [-0.39, 0.29) is 44.8 Å². The molecule has 0 aliphatic carbocycles. The van der Waals surface area contributed by atoms with Gasteiger partial charge in [0.1, 0.15) is 23.0 Å². The van der Waals surface area contributed by atoms with Crippen LogP contribution >= 0.6 is 22.6 Å². The number of primary sulfonamides is 1. The van der Waals surface area contributed by atoms with Crippen LogP contribution in [0.3, 0.4) is 0 Å². The van der Waals surface area contributed by atoms with Crippen molar-refractivity contribution in [2.24, 2.45) is 10.9 Å². The molecule has 13 heteroatoms. The number of hydrogen-bond donors (Lipinski definition) is 4. The fraction of sp³-hybridized carbons (Fsp3) is 0.0370. The summed E-state index contributed by atoms with van der Waals surface area (Å²) in [6.07, 6.45) is 0. The van der Waals surface area contributed by atoms with E-state index in [0.717, 1.165) is 4.90 Å². The topological polar surface area (TPSA) is 182 Å². The molecule has 0 radical (unpaired) electrons. The molecule has 2 amide bonds. The van der Waals surface area contributed by atoms with Gasteiger partial charge in [0.15, 0.2) is 5.60 Å². The number of urea groups is 1. The van der Waals surface area contributed by atoms with Gasteiger partial charge >= 0.3 is 12.0 Å². The zero-order chi connectivity index (χ0) is 28.6. The van der Waals surface area contributed by atoms with Crippen LogP contribution in [0.1, 0.15) is 27.0 Å². The van der Waals surface area contributed by atoms with Gasteiger partial charge in [0.25, 0.3) is 0 Å². The van der Waals surface area contributed by atoms with Gasteiger partial charge in [-0.15, -0.1) is 0 Å². The van der Waals surface area contributed by atoms with Crippen LogP contribution in [0.5, 0.6) is 23.0 Å². The highest BCUT2D eigenvalue weighted by Crippen LogP contribution is 2.58. The number of nitrogens with zero attached hydrogens (tertiary/aromatic N) is 1. The van der Waals surface area contributed by atoms with E-state index >= 15 is 0 Å². The summed E-state index contributed by atoms with van der Waals surface area (Å²) in [7, 11) is -4.01. The summed E-state index contributed by atoms with van der Waals surface area (Å²) >= 11 is 1.85. The van der Waals surface area contributed by atoms with E-state index in [1.807, 2.05) is 22.6 Å². The molecule has 0 saturated heterocycles. The molecular weight excluding hydrogens is 653 g/mol. The Hall–Kier alpha value is -4.34. The summed E-state index contributed by atoms with van der Waals surface area (Å²) < 4.78 is 36.1. The first kappa shape index (κ1) is 25.9. The van der Waals surface area contributed by atoms with Crippen molar-refractivity contribution in [3.63, 3.8) is 0 Å². The average molecular weight is 671 g/mol. The third-order valence-corrected chi connectivity index (χ3v) is 8.51. The Kier molecular flexibility index (Phi) is 5.72. The fourth-order valence-corrected chi connectivity index (χ4v) is 6.64. The smallest absolute Gasteiger partial charge is 0.342 e. The zero-order valence-electron chi connectivity index (χ0n) is 20.2. The Morgan fingerprint density at radius 1 is 0.875 bits per heavy atom. The lowest BCUT2D eigenvalue weighted by atomic mass is 9.77. The van der Waals surface area contributed by atoms with Crippen molar-refractivity contribution in [1.29, 1.82) is 0 Å². The number of amides is 2. The van der Waals surface area contributed by atoms with E-state index in [2.05, 4.69) is 0 Å². The molecule has 0 atom stereocenters. The highest BCUT2D eigenvalue weighted by atomic mass is 127. The number of primary amides is 1. The first-order chi connectivity index (χ1) is 18.9. The molecule has 4 aromatic carbocycles. The molecule has 40 heavy (non-hydrogen) atoms. The van der Waals surface area contributed by atoms with Crippen LogP contribution in [0.2, 0.25) is 0 Å². The lowest BCUT2D eigenvalue weighted by molar-refractivity contribution is 0.0224. The van der Waals surface area contributed by atoms with Crippen molar-refractivity contribution < 1.29 is 37.7 Å². The maximum atomic E-state index is 13.7. The second-order valence-corrected chi connectivity index (χ2v) is 11.8. The predicted molar refractivity (Wildman–Crippen MR) is 150 cm³/mol. The molecule has 6 N–H and O–H groups in total. The van der Waals surface area contributed by atoms with Crippen LogP contribution in [-0.4, -0.2) is 30.6 Å². The number of carbonyl (C=O) groups excluding carboxylic acids is 2. The number of esters is 1. The highest BCUT2D eigenvalue weighted by Gasteiger charge is 2.55. The number of fused-ring (bicyclic) bond motifs is 6. The van der Waals surface area contributed by atoms with Crippen molar-refractivity contribution in [2.75, 3.05) is 4.90 Å². The van der Waals surface area contributed by atoms with Crippen molar-refractivity contribution in [2.45, 2.75) is 10.5 Å². The fourth-order valence-electron chi connectivity index (χ4n) is 5.13. The minimum absolute atomic E-state index is 0.0348. The molecule has 2 heterocycles. The summed E-state index contributed by atoms with van der Waals surface area (Å²) in [6.45, 7) is 0. The van der Waals surface area contributed by atoms with E-state index in [1.54, 1.807) is 24.3 Å². The number of nitrogens with two attached hydrogens (primary N) is 2. The van der Waals surface area contributed by atoms with Gasteiger partial charge in [-0.3, -0.25) is 4.90 Å². The zero-order valence-corrected chi connectivity index (χ0v) is 23.1. The number of phenols is 2. The molecule has 0 saturated carbocycles. The number of anilines is 2. The van der Waals surface area contributed by atoms with Crippen LogP contribution in [0, 0.1) is 3.57 Å². The van der Waals surface area contributed by atoms with E-state index in [0.29, 0.717) is 20.3 Å². The van der Waals surface area contributed by atoms with Crippen LogP contribution in [0.15, 0.2) is 77.7 Å². The first-order valence-corrected chi connectivity index (χ1v) is 14.2. The van der Waals surface area contributed by atoms with E-state index < -0.39 is 27.6 Å². The number of rotatable bonds is 3. The maximum absolute atomic E-state index is 13.7. The van der Waals surface area contributed by atoms with E-state index in [9.17, 15) is 28.2 Å². The molecule has 202 valence electrons. The van der Waals surface area contributed by atoms with Crippen LogP contribution in [-0.2, 0) is 20.4 Å². The normalized spacial score (nSPS) is 14.5. The van der Waals surface area contributed by atoms with Crippen molar-refractivity contribution in [3.8, 4) is 23.0 Å². The first-order valence-electron chi connectivity index (χ1n) is 11.6. The summed E-state index contributed by atoms with van der Waals surface area (Å²) in [5, 5.41) is 25.5. The van der Waals surface area contributed by atoms with Crippen LogP contribution in [0.4, 0.5) is 16.2 Å². The number of sulfonamides is 1. The second kappa shape index (κ2) is 8.84. The second-order valence-electron chi connectivity index (χ2n) is 9.07. The number of phenolic OH excluding ortho intramolecular Hbond substituents is 2. The molecule has 1 spiro atoms. The molecule has 2 aliphatic heterocycles. The Balaban J connectivity index is 1.62. The monoisotopic (exact) mass is 671 g/mol. The molecule has 11 nitrogen and oxygen atoms in total. The summed E-state index contributed by atoms with van der Waals surface area (Å²) in [4.78, 5) is 27.5. The minimum atomic E-state index is -4.01. The van der Waals surface area contributed by atoms with Gasteiger partial charge in [-0.05, 0) is 71.1 Å². The number of carbonyl (C=O) groups is 2. The molecule has 0 bridgehead atoms. The number of benzene rings is 4. The summed E-state index contributed by atoms with van der Waals surface area (Å²) in [5.41, 5.74) is 5.77. The maximum Gasteiger partial charge on any atom is 0.342 e. The average Bonchev–Trinajstić information content (AvgIpc) is 3.17. The molecule has 2 aliphatic rings. The van der Waals surface area contributed by atoms with Gasteiger partial charge in [-0.2, -0.15) is 0 Å². The SMILES string of the molecule is NC(=O)N(c1ccc(S(N)(=O)=O)cc1I)c1cccc2c1C(=O)OC21c2ccc(O)cc2Oc2cc(O)ccc21. The molecule has 4 aromatic rings. The van der Waals surface area contributed by atoms with Crippen molar-refractivity contribution in [1.82, 2.24) is 0 Å². The molecule has 0 aromatic heterocycles. The minimum Gasteiger partial charge on any atom is -0.508 e. The van der Waals surface area contributed by atoms with E-state index in [1.165, 1.54) is 48.5 Å². The third-order valence-electron chi connectivity index (χ3n) is 6.73. The van der Waals surface area contributed by atoms with Gasteiger partial charge in [0, 0.05) is 32.4 Å². The molecule has 6 rings (SSSR count). The standard InChI is InChI=1S/C27H18IN3O8S/c28-19-12-15(40(30,36)37)6-9-20(19)31(26(29)35)21-3-1-2-18-24(21)25(34)39-27(18)16-7-4-13(32)10-22(16)38-23-11-14(33)5-8-17(23)27/h1-12,32-33H,(H2,29,35)(H2,30,36,37). The van der Waals surface area contributed by atoms with E-state index in [4.69, 9.17) is 20.3 Å². The van der Waals surface area contributed by atoms with Gasteiger partial charge in [0.05, 0.1) is 21.8 Å². The van der Waals surface area contributed by atoms with Crippen molar-refractivity contribution in [3.05, 3.63) is 98.6 Å². The number of hydrogen-bond acceptors (Lipinski definition) is 8. The van der Waals surface area contributed by atoms with Gasteiger partial charge in [-0.25, -0.2) is 23.1 Å². The van der Waals surface area contributed by atoms with Crippen LogP contribution < -0.4 is 20.5 Å². The van der Waals surface area contributed by atoms with Gasteiger partial charge in [0.2, 0.25) is 10.0 Å². The summed E-state index contributed by atoms with van der Waals surface area (Å²) in [5.74, 6) is -0.553. The predicted octanol–water partition coefficient (Wildman–Crippen LogP) is 4.13. The number of ether oxygens (including phenoxy) is 2. The largest absolute Gasteiger partial charge is 0.508 e.